The van der Waals surface area contributed by atoms with Crippen LogP contribution in [0.4, 0.5) is 0 Å². The van der Waals surface area contributed by atoms with Gasteiger partial charge in [-0.2, -0.15) is 0 Å². The van der Waals surface area contributed by atoms with Crippen molar-refractivity contribution < 1.29 is 57.2 Å². The van der Waals surface area contributed by atoms with Crippen molar-refractivity contribution in [2.45, 2.75) is 334 Å². The molecule has 0 saturated heterocycles. The van der Waals surface area contributed by atoms with Crippen LogP contribution in [-0.4, -0.2) is 93.1 Å². The van der Waals surface area contributed by atoms with Crippen LogP contribution >= 0.6 is 0 Å². The van der Waals surface area contributed by atoms with Gasteiger partial charge in [0, 0.05) is 19.3 Å². The minimum absolute atomic E-state index is 0.0386. The van der Waals surface area contributed by atoms with Gasteiger partial charge in [-0.05, 0) is 96.3 Å². The highest BCUT2D eigenvalue weighted by molar-refractivity contribution is 5.72. The van der Waals surface area contributed by atoms with Crippen LogP contribution in [-0.2, 0) is 57.2 Å². The minimum atomic E-state index is -0.867. The minimum Gasteiger partial charge on any atom is -0.462 e. The summed E-state index contributed by atoms with van der Waals surface area (Å²) in [6, 6.07) is 0. The number of hydrogen-bond acceptors (Lipinski definition) is 15. The average molecular weight is 1110 g/mol. The van der Waals surface area contributed by atoms with Gasteiger partial charge in [0.25, 0.3) is 0 Å². The molecule has 0 aromatic carbocycles. The fraction of sp³-hybridized carbons (Fsp3) is 0.905. The standard InChI is InChI=1S/C63H119N3O12/c1-4-7-10-31-40-54(75-61(70)49-64)43-34-25-19-13-16-22-28-37-46-58(67)73-52-57(78-60(69)48-39-30-24-18-15-21-27-36-45-56(77-63(72)51-66)42-33-12-9-6-3)53-74-59(68)47-38-29-23-17-14-20-26-35-44-55(76-62(71)50-65)41-32-11-8-5-2/h54-57H,4-53,64-66H2,1-3H3. The first-order valence-corrected chi connectivity index (χ1v) is 32.2. The molecule has 0 saturated carbocycles. The molecule has 0 aliphatic carbocycles. The Morgan fingerprint density at radius 1 is 0.256 bits per heavy atom. The van der Waals surface area contributed by atoms with Crippen molar-refractivity contribution in [3.8, 4) is 0 Å². The van der Waals surface area contributed by atoms with Crippen molar-refractivity contribution in [1.29, 1.82) is 0 Å². The molecule has 3 atom stereocenters. The summed E-state index contributed by atoms with van der Waals surface area (Å²) in [6.45, 7) is 6.02. The molecule has 78 heavy (non-hydrogen) atoms. The van der Waals surface area contributed by atoms with E-state index < -0.39 is 6.10 Å². The smallest absolute Gasteiger partial charge is 0.319 e. The van der Waals surface area contributed by atoms with Gasteiger partial charge >= 0.3 is 35.8 Å². The Balaban J connectivity index is 4.75. The van der Waals surface area contributed by atoms with Crippen LogP contribution in [0.3, 0.4) is 0 Å². The van der Waals surface area contributed by atoms with Crippen molar-refractivity contribution >= 4 is 35.8 Å². The fourth-order valence-electron chi connectivity index (χ4n) is 9.87. The van der Waals surface area contributed by atoms with Crippen LogP contribution in [0.1, 0.15) is 310 Å². The van der Waals surface area contributed by atoms with E-state index in [9.17, 15) is 28.8 Å². The maximum atomic E-state index is 13.0. The van der Waals surface area contributed by atoms with E-state index in [2.05, 4.69) is 20.8 Å². The molecule has 0 aromatic heterocycles. The number of rotatable bonds is 59. The molecule has 0 aromatic rings. The second kappa shape index (κ2) is 57.0. The van der Waals surface area contributed by atoms with E-state index in [4.69, 9.17) is 45.6 Å². The molecule has 0 radical (unpaired) electrons. The van der Waals surface area contributed by atoms with Crippen molar-refractivity contribution in [2.75, 3.05) is 32.8 Å². The van der Waals surface area contributed by atoms with Gasteiger partial charge in [0.1, 0.15) is 31.5 Å². The number of hydrogen-bond donors (Lipinski definition) is 3. The van der Waals surface area contributed by atoms with E-state index in [1.807, 2.05) is 0 Å². The summed E-state index contributed by atoms with van der Waals surface area (Å²) in [5.74, 6) is -2.06. The maximum absolute atomic E-state index is 13.0. The Labute approximate surface area is 475 Å². The zero-order chi connectivity index (χ0) is 57.4. The largest absolute Gasteiger partial charge is 0.462 e. The number of ether oxygens (including phenoxy) is 6. The summed E-state index contributed by atoms with van der Waals surface area (Å²) in [5.41, 5.74) is 16.5. The normalized spacial score (nSPS) is 12.8. The monoisotopic (exact) mass is 1110 g/mol. The highest BCUT2D eigenvalue weighted by Gasteiger charge is 2.21. The molecule has 0 heterocycles. The molecule has 0 bridgehead atoms. The van der Waals surface area contributed by atoms with Gasteiger partial charge in [0.2, 0.25) is 0 Å². The van der Waals surface area contributed by atoms with Gasteiger partial charge in [-0.15, -0.1) is 0 Å². The zero-order valence-corrected chi connectivity index (χ0v) is 50.3. The third-order valence-corrected chi connectivity index (χ3v) is 14.7. The first-order valence-electron chi connectivity index (χ1n) is 32.2. The number of esters is 6. The molecule has 0 aliphatic rings. The average Bonchev–Trinajstić information content (AvgIpc) is 3.43. The van der Waals surface area contributed by atoms with E-state index in [1.165, 1.54) is 38.5 Å². The first kappa shape index (κ1) is 74.7. The van der Waals surface area contributed by atoms with Gasteiger partial charge in [-0.1, -0.05) is 194 Å². The highest BCUT2D eigenvalue weighted by atomic mass is 16.6. The topological polar surface area (TPSA) is 236 Å². The van der Waals surface area contributed by atoms with Gasteiger partial charge < -0.3 is 45.6 Å². The summed E-state index contributed by atoms with van der Waals surface area (Å²) >= 11 is 0. The molecule has 0 spiro atoms. The lowest BCUT2D eigenvalue weighted by Crippen LogP contribution is -2.30. The second-order valence-corrected chi connectivity index (χ2v) is 22.1. The maximum Gasteiger partial charge on any atom is 0.319 e. The van der Waals surface area contributed by atoms with Crippen LogP contribution < -0.4 is 17.2 Å². The molecular weight excluding hydrogens is 991 g/mol. The van der Waals surface area contributed by atoms with E-state index in [1.54, 1.807) is 0 Å². The Kier molecular flexibility index (Phi) is 54.5. The number of unbranched alkanes of at least 4 members (excludes halogenated alkanes) is 30. The molecule has 0 rings (SSSR count). The molecule has 6 N–H and O–H groups in total. The van der Waals surface area contributed by atoms with Crippen LogP contribution in [0, 0.1) is 0 Å². The molecule has 3 unspecified atom stereocenters. The lowest BCUT2D eigenvalue weighted by Gasteiger charge is -2.18. The summed E-state index contributed by atoms with van der Waals surface area (Å²) in [7, 11) is 0. The van der Waals surface area contributed by atoms with Crippen LogP contribution in [0.2, 0.25) is 0 Å². The van der Waals surface area contributed by atoms with E-state index in [0.29, 0.717) is 19.3 Å². The molecule has 0 fully saturated rings. The molecule has 458 valence electrons. The molecule has 15 nitrogen and oxygen atoms in total. The third-order valence-electron chi connectivity index (χ3n) is 14.7. The van der Waals surface area contributed by atoms with Crippen LogP contribution in [0.5, 0.6) is 0 Å². The van der Waals surface area contributed by atoms with Crippen molar-refractivity contribution in [3.05, 3.63) is 0 Å². The van der Waals surface area contributed by atoms with Gasteiger partial charge in [0.05, 0.1) is 19.6 Å². The predicted octanol–water partition coefficient (Wildman–Crippen LogP) is 14.2. The summed E-state index contributed by atoms with van der Waals surface area (Å²) in [5, 5.41) is 0. The van der Waals surface area contributed by atoms with Crippen LogP contribution in [0.25, 0.3) is 0 Å². The molecular formula is C63H119N3O12. The zero-order valence-electron chi connectivity index (χ0n) is 50.3. The summed E-state index contributed by atoms with van der Waals surface area (Å²) < 4.78 is 33.7. The molecule has 15 heteroatoms. The predicted molar refractivity (Wildman–Crippen MR) is 313 cm³/mol. The van der Waals surface area contributed by atoms with Gasteiger partial charge in [-0.3, -0.25) is 28.8 Å². The lowest BCUT2D eigenvalue weighted by atomic mass is 10.0. The number of nitrogens with two attached hydrogens (primary N) is 3. The Bertz CT molecular complexity index is 1370. The van der Waals surface area contributed by atoms with E-state index >= 15 is 0 Å². The van der Waals surface area contributed by atoms with Crippen LogP contribution in [0.15, 0.2) is 0 Å². The van der Waals surface area contributed by atoms with Gasteiger partial charge in [-0.25, -0.2) is 0 Å². The second-order valence-electron chi connectivity index (χ2n) is 22.1. The SMILES string of the molecule is CCCCCCC(CCCCCCCCCCC(=O)OCC(COC(=O)CCCCCCCCCCC(CCCCCC)OC(=O)CN)OC(=O)CCCCCCCCCCC(CCCCCC)OC(=O)CN)OC(=O)CN. The lowest BCUT2D eigenvalue weighted by molar-refractivity contribution is -0.167. The Hall–Kier alpha value is -3.30. The Morgan fingerprint density at radius 2 is 0.462 bits per heavy atom. The molecule has 0 aliphatic heterocycles. The summed E-state index contributed by atoms with van der Waals surface area (Å²) in [6.07, 6.45) is 43.3. The van der Waals surface area contributed by atoms with Crippen molar-refractivity contribution in [2.24, 2.45) is 17.2 Å². The van der Waals surface area contributed by atoms with E-state index in [-0.39, 0.29) is 106 Å². The van der Waals surface area contributed by atoms with Crippen molar-refractivity contribution in [1.82, 2.24) is 0 Å². The van der Waals surface area contributed by atoms with E-state index in [0.717, 1.165) is 212 Å². The highest BCUT2D eigenvalue weighted by Crippen LogP contribution is 2.21. The Morgan fingerprint density at radius 3 is 0.705 bits per heavy atom. The molecule has 0 amide bonds. The number of carbonyl (C=O) groups is 6. The first-order chi connectivity index (χ1) is 38.0. The van der Waals surface area contributed by atoms with Crippen molar-refractivity contribution in [3.63, 3.8) is 0 Å². The third kappa shape index (κ3) is 50.9. The summed E-state index contributed by atoms with van der Waals surface area (Å²) in [4.78, 5) is 74.0. The van der Waals surface area contributed by atoms with Gasteiger partial charge in [0.15, 0.2) is 6.10 Å². The number of carbonyl (C=O) groups excluding carboxylic acids is 6. The quantitative estimate of drug-likeness (QED) is 0.0292. The fourth-order valence-corrected chi connectivity index (χ4v) is 9.87.